The topological polar surface area (TPSA) is 45.2 Å². The Morgan fingerprint density at radius 2 is 2.00 bits per heavy atom. The van der Waals surface area contributed by atoms with Gasteiger partial charge in [-0.25, -0.2) is 0 Å². The Morgan fingerprint density at radius 3 is 2.84 bits per heavy atom. The maximum absolute atomic E-state index is 12.2. The molecule has 31 heavy (non-hydrogen) atoms. The van der Waals surface area contributed by atoms with Crippen molar-refractivity contribution in [3.63, 3.8) is 0 Å². The fraction of sp³-hybridized carbons (Fsp3) is 0.308. The van der Waals surface area contributed by atoms with Crippen LogP contribution in [0.1, 0.15) is 28.8 Å². The number of hydrogen-bond acceptors (Lipinski definition) is 4. The van der Waals surface area contributed by atoms with Crippen LogP contribution >= 0.6 is 11.3 Å². The Bertz CT molecular complexity index is 1250. The zero-order valence-electron chi connectivity index (χ0n) is 18.0. The maximum atomic E-state index is 12.2. The number of thiophene rings is 1. The van der Waals surface area contributed by atoms with Crippen molar-refractivity contribution in [1.29, 1.82) is 0 Å². The number of aryl methyl sites for hydroxylation is 1. The molecule has 2 aromatic heterocycles. The molecule has 1 aliphatic rings. The monoisotopic (exact) mass is 429 g/mol. The Kier molecular flexibility index (Phi) is 5.47. The van der Waals surface area contributed by atoms with E-state index in [2.05, 4.69) is 65.6 Å². The SMILES string of the molecule is Cc1sc2ccc(NC(=O)C3CC3)cc2c1CCN(C)Cc1ccnc2ccccc12. The molecule has 1 fully saturated rings. The van der Waals surface area contributed by atoms with E-state index in [0.717, 1.165) is 43.6 Å². The van der Waals surface area contributed by atoms with Gasteiger partial charge in [-0.2, -0.15) is 0 Å². The molecule has 0 radical (unpaired) electrons. The minimum Gasteiger partial charge on any atom is -0.326 e. The summed E-state index contributed by atoms with van der Waals surface area (Å²) in [6.45, 7) is 4.08. The van der Waals surface area contributed by atoms with E-state index in [1.54, 1.807) is 0 Å². The van der Waals surface area contributed by atoms with E-state index < -0.39 is 0 Å². The van der Waals surface area contributed by atoms with E-state index in [4.69, 9.17) is 0 Å². The highest BCUT2D eigenvalue weighted by Crippen LogP contribution is 2.35. The van der Waals surface area contributed by atoms with Crippen molar-refractivity contribution in [1.82, 2.24) is 9.88 Å². The summed E-state index contributed by atoms with van der Waals surface area (Å²) in [4.78, 5) is 20.4. The molecule has 0 unspecified atom stereocenters. The number of nitrogens with one attached hydrogen (secondary N) is 1. The van der Waals surface area contributed by atoms with Crippen LogP contribution in [-0.4, -0.2) is 29.4 Å². The van der Waals surface area contributed by atoms with E-state index in [0.29, 0.717) is 0 Å². The number of hydrogen-bond donors (Lipinski definition) is 1. The molecule has 0 atom stereocenters. The molecule has 1 N–H and O–H groups in total. The predicted octanol–water partition coefficient (Wildman–Crippen LogP) is 5.78. The Balaban J connectivity index is 1.31. The van der Waals surface area contributed by atoms with E-state index in [-0.39, 0.29) is 11.8 Å². The molecule has 1 aliphatic carbocycles. The lowest BCUT2D eigenvalue weighted by Crippen LogP contribution is -2.21. The number of nitrogens with zero attached hydrogens (tertiary/aromatic N) is 2. The molecule has 0 spiro atoms. The number of fused-ring (bicyclic) bond motifs is 2. The summed E-state index contributed by atoms with van der Waals surface area (Å²) in [7, 11) is 2.18. The number of anilines is 1. The van der Waals surface area contributed by atoms with Gasteiger partial charge >= 0.3 is 0 Å². The lowest BCUT2D eigenvalue weighted by atomic mass is 10.1. The zero-order chi connectivity index (χ0) is 21.4. The van der Waals surface area contributed by atoms with Gasteiger partial charge in [0.15, 0.2) is 0 Å². The molecule has 0 saturated heterocycles. The second-order valence-electron chi connectivity index (χ2n) is 8.59. The van der Waals surface area contributed by atoms with Crippen molar-refractivity contribution in [3.05, 3.63) is 70.7 Å². The molecule has 158 valence electrons. The molecule has 4 aromatic rings. The second kappa shape index (κ2) is 8.40. The standard InChI is InChI=1S/C26H27N3OS/c1-17-21(23-15-20(9-10-25(23)31-17)28-26(30)18-7-8-18)12-14-29(2)16-19-11-13-27-24-6-4-3-5-22(19)24/h3-6,9-11,13,15,18H,7-8,12,14,16H2,1-2H3,(H,28,30). The third kappa shape index (κ3) is 4.34. The summed E-state index contributed by atoms with van der Waals surface area (Å²) < 4.78 is 1.29. The molecule has 2 aromatic carbocycles. The number of carbonyl (C=O) groups is 1. The Hall–Kier alpha value is -2.76. The van der Waals surface area contributed by atoms with E-state index in [1.165, 1.54) is 31.5 Å². The number of pyridine rings is 1. The van der Waals surface area contributed by atoms with Crippen molar-refractivity contribution in [2.24, 2.45) is 5.92 Å². The zero-order valence-corrected chi connectivity index (χ0v) is 18.8. The highest BCUT2D eigenvalue weighted by Gasteiger charge is 2.29. The number of aromatic nitrogens is 1. The predicted molar refractivity (Wildman–Crippen MR) is 130 cm³/mol. The van der Waals surface area contributed by atoms with Gasteiger partial charge in [0.1, 0.15) is 0 Å². The maximum Gasteiger partial charge on any atom is 0.227 e. The largest absolute Gasteiger partial charge is 0.326 e. The fourth-order valence-electron chi connectivity index (χ4n) is 4.21. The third-order valence-corrected chi connectivity index (χ3v) is 7.26. The van der Waals surface area contributed by atoms with Gasteiger partial charge in [0.05, 0.1) is 5.52 Å². The van der Waals surface area contributed by atoms with Gasteiger partial charge in [-0.1, -0.05) is 18.2 Å². The second-order valence-corrected chi connectivity index (χ2v) is 9.84. The Labute approximate surface area is 186 Å². The third-order valence-electron chi connectivity index (χ3n) is 6.13. The van der Waals surface area contributed by atoms with Crippen molar-refractivity contribution >= 4 is 43.9 Å². The van der Waals surface area contributed by atoms with Crippen LogP contribution < -0.4 is 5.32 Å². The first-order valence-corrected chi connectivity index (χ1v) is 11.7. The molecular formula is C26H27N3OS. The van der Waals surface area contributed by atoms with Crippen LogP contribution in [-0.2, 0) is 17.8 Å². The number of carbonyl (C=O) groups excluding carboxylic acids is 1. The van der Waals surface area contributed by atoms with Crippen LogP contribution in [0.5, 0.6) is 0 Å². The van der Waals surface area contributed by atoms with Gasteiger partial charge in [-0.3, -0.25) is 9.78 Å². The van der Waals surface area contributed by atoms with Gasteiger partial charge in [0.25, 0.3) is 0 Å². The van der Waals surface area contributed by atoms with Crippen molar-refractivity contribution in [2.45, 2.75) is 32.7 Å². The number of likely N-dealkylation sites (N-methyl/N-ethyl adjacent to an activating group) is 1. The molecular weight excluding hydrogens is 402 g/mol. The summed E-state index contributed by atoms with van der Waals surface area (Å²) in [5.41, 5.74) is 4.67. The van der Waals surface area contributed by atoms with Crippen LogP contribution in [0.25, 0.3) is 21.0 Å². The summed E-state index contributed by atoms with van der Waals surface area (Å²) >= 11 is 1.84. The summed E-state index contributed by atoms with van der Waals surface area (Å²) in [6, 6.07) is 16.8. The molecule has 0 aliphatic heterocycles. The van der Waals surface area contributed by atoms with Gasteiger partial charge < -0.3 is 10.2 Å². The Morgan fingerprint density at radius 1 is 1.16 bits per heavy atom. The number of benzene rings is 2. The first kappa shape index (κ1) is 20.2. The fourth-order valence-corrected chi connectivity index (χ4v) is 5.31. The van der Waals surface area contributed by atoms with Crippen LogP contribution in [0.2, 0.25) is 0 Å². The highest BCUT2D eigenvalue weighted by molar-refractivity contribution is 7.19. The molecule has 1 amide bonds. The van der Waals surface area contributed by atoms with E-state index in [9.17, 15) is 4.79 Å². The minimum atomic E-state index is 0.164. The van der Waals surface area contributed by atoms with Gasteiger partial charge in [0.2, 0.25) is 5.91 Å². The van der Waals surface area contributed by atoms with Crippen LogP contribution in [0.3, 0.4) is 0 Å². The minimum absolute atomic E-state index is 0.164. The van der Waals surface area contributed by atoms with E-state index >= 15 is 0 Å². The number of rotatable bonds is 7. The number of amides is 1. The smallest absolute Gasteiger partial charge is 0.227 e. The lowest BCUT2D eigenvalue weighted by molar-refractivity contribution is -0.117. The van der Waals surface area contributed by atoms with Crippen LogP contribution in [0, 0.1) is 12.8 Å². The first-order valence-electron chi connectivity index (χ1n) is 10.9. The molecule has 5 heteroatoms. The van der Waals surface area contributed by atoms with Crippen LogP contribution in [0.4, 0.5) is 5.69 Å². The average Bonchev–Trinajstić information content (AvgIpc) is 3.57. The molecule has 1 saturated carbocycles. The number of para-hydroxylation sites is 1. The summed E-state index contributed by atoms with van der Waals surface area (Å²) in [5, 5.41) is 5.60. The van der Waals surface area contributed by atoms with Gasteiger partial charge in [-0.05, 0) is 80.1 Å². The normalized spacial score (nSPS) is 13.9. The lowest BCUT2D eigenvalue weighted by Gasteiger charge is -2.18. The molecule has 2 heterocycles. The molecule has 4 nitrogen and oxygen atoms in total. The van der Waals surface area contributed by atoms with Crippen molar-refractivity contribution < 1.29 is 4.79 Å². The quantitative estimate of drug-likeness (QED) is 0.405. The van der Waals surface area contributed by atoms with E-state index in [1.807, 2.05) is 29.7 Å². The van der Waals surface area contributed by atoms with Gasteiger partial charge in [0, 0.05) is 45.9 Å². The summed E-state index contributed by atoms with van der Waals surface area (Å²) in [5.74, 6) is 0.384. The van der Waals surface area contributed by atoms with Crippen molar-refractivity contribution in [3.8, 4) is 0 Å². The van der Waals surface area contributed by atoms with Gasteiger partial charge in [-0.15, -0.1) is 11.3 Å². The van der Waals surface area contributed by atoms with Crippen molar-refractivity contribution in [2.75, 3.05) is 18.9 Å². The highest BCUT2D eigenvalue weighted by atomic mass is 32.1. The van der Waals surface area contributed by atoms with Crippen LogP contribution in [0.15, 0.2) is 54.7 Å². The summed E-state index contributed by atoms with van der Waals surface area (Å²) in [6.07, 6.45) is 4.94. The molecule has 5 rings (SSSR count). The molecule has 0 bridgehead atoms. The average molecular weight is 430 g/mol. The first-order chi connectivity index (χ1) is 15.1.